The Kier molecular flexibility index (Phi) is 2.30. The summed E-state index contributed by atoms with van der Waals surface area (Å²) in [4.78, 5) is 11.1. The van der Waals surface area contributed by atoms with Gasteiger partial charge in [-0.25, -0.2) is 0 Å². The monoisotopic (exact) mass is 220 g/mol. The molecule has 2 aromatic rings. The lowest BCUT2D eigenvalue weighted by atomic mass is 10.4. The first-order chi connectivity index (χ1) is 7.66. The third-order valence-corrected chi connectivity index (χ3v) is 1.60. The minimum atomic E-state index is -0.0214. The van der Waals surface area contributed by atoms with E-state index >= 15 is 0 Å². The number of hydrogen-bond donors (Lipinski definition) is 4. The van der Waals surface area contributed by atoms with Crippen molar-refractivity contribution in [3.05, 3.63) is 6.33 Å². The van der Waals surface area contributed by atoms with Gasteiger partial charge in [0, 0.05) is 0 Å². The summed E-state index contributed by atoms with van der Waals surface area (Å²) >= 11 is 0. The topological polar surface area (TPSA) is 170 Å². The minimum absolute atomic E-state index is 0.0214. The highest BCUT2D eigenvalue weighted by Gasteiger charge is 2.08. The van der Waals surface area contributed by atoms with Crippen molar-refractivity contribution >= 4 is 29.2 Å². The Labute approximate surface area is 89.0 Å². The number of rotatable bonds is 2. The van der Waals surface area contributed by atoms with Gasteiger partial charge in [0.15, 0.2) is 17.3 Å². The van der Waals surface area contributed by atoms with Crippen LogP contribution < -0.4 is 17.2 Å². The number of azo groups is 1. The van der Waals surface area contributed by atoms with E-state index in [1.165, 1.54) is 6.33 Å². The van der Waals surface area contributed by atoms with E-state index in [1.807, 2.05) is 0 Å². The Hall–Kier alpha value is -2.78. The number of aromatic amines is 1. The summed E-state index contributed by atoms with van der Waals surface area (Å²) in [6.07, 6.45) is 1.36. The Morgan fingerprint density at radius 2 is 1.75 bits per heavy atom. The van der Waals surface area contributed by atoms with E-state index in [2.05, 4.69) is 35.4 Å². The summed E-state index contributed by atoms with van der Waals surface area (Å²) in [5.74, 6) is 0.219. The molecule has 10 nitrogen and oxygen atoms in total. The first kappa shape index (κ1) is 9.76. The number of nitrogens with zero attached hydrogens (tertiary/aromatic N) is 6. The second kappa shape index (κ2) is 3.76. The van der Waals surface area contributed by atoms with Crippen LogP contribution in [0.1, 0.15) is 0 Å². The molecule has 7 N–H and O–H groups in total. The highest BCUT2D eigenvalue weighted by Crippen LogP contribution is 2.27. The molecule has 0 spiro atoms. The molecule has 0 bridgehead atoms. The Morgan fingerprint density at radius 3 is 2.31 bits per heavy atom. The van der Waals surface area contributed by atoms with Crippen molar-refractivity contribution in [2.24, 2.45) is 10.2 Å². The Morgan fingerprint density at radius 1 is 1.06 bits per heavy atom. The molecule has 0 unspecified atom stereocenters. The summed E-state index contributed by atoms with van der Waals surface area (Å²) in [6.45, 7) is 0. The van der Waals surface area contributed by atoms with Gasteiger partial charge in [0.1, 0.15) is 6.33 Å². The zero-order chi connectivity index (χ0) is 11.5. The number of hydrogen-bond acceptors (Lipinski definition) is 9. The third kappa shape index (κ3) is 1.84. The second-order valence-electron chi connectivity index (χ2n) is 2.70. The van der Waals surface area contributed by atoms with Gasteiger partial charge >= 0.3 is 0 Å². The van der Waals surface area contributed by atoms with Crippen molar-refractivity contribution in [1.82, 2.24) is 25.1 Å². The molecule has 0 atom stereocenters. The normalized spacial score (nSPS) is 11.0. The molecule has 2 aromatic heterocycles. The van der Waals surface area contributed by atoms with Crippen molar-refractivity contribution in [3.8, 4) is 0 Å². The van der Waals surface area contributed by atoms with Crippen LogP contribution in [0.4, 0.5) is 29.2 Å². The average Bonchev–Trinajstić information content (AvgIpc) is 2.68. The van der Waals surface area contributed by atoms with Gasteiger partial charge in [0.05, 0.1) is 0 Å². The van der Waals surface area contributed by atoms with Gasteiger partial charge in [-0.1, -0.05) is 0 Å². The zero-order valence-electron chi connectivity index (χ0n) is 7.99. The number of aromatic nitrogens is 5. The molecule has 0 saturated carbocycles. The van der Waals surface area contributed by atoms with Gasteiger partial charge in [-0.05, 0) is 0 Å². The van der Waals surface area contributed by atoms with Crippen molar-refractivity contribution in [1.29, 1.82) is 0 Å². The van der Waals surface area contributed by atoms with Gasteiger partial charge in [0.25, 0.3) is 5.95 Å². The maximum absolute atomic E-state index is 5.55. The number of anilines is 3. The number of nitrogen functional groups attached to an aromatic ring is 3. The molecule has 0 saturated heterocycles. The van der Waals surface area contributed by atoms with E-state index in [1.54, 1.807) is 0 Å². The van der Waals surface area contributed by atoms with E-state index in [-0.39, 0.29) is 29.2 Å². The van der Waals surface area contributed by atoms with Crippen LogP contribution in [-0.2, 0) is 0 Å². The fraction of sp³-hybridized carbons (Fsp3) is 0. The van der Waals surface area contributed by atoms with Crippen LogP contribution in [0, 0.1) is 0 Å². The van der Waals surface area contributed by atoms with Crippen LogP contribution in [0.25, 0.3) is 0 Å². The number of nitrogens with two attached hydrogens (primary N) is 3. The molecule has 0 radical (unpaired) electrons. The van der Waals surface area contributed by atoms with E-state index in [0.29, 0.717) is 0 Å². The van der Waals surface area contributed by atoms with Crippen LogP contribution >= 0.6 is 0 Å². The van der Waals surface area contributed by atoms with Crippen molar-refractivity contribution in [3.63, 3.8) is 0 Å². The van der Waals surface area contributed by atoms with Gasteiger partial charge in [0.2, 0.25) is 5.95 Å². The largest absolute Gasteiger partial charge is 0.382 e. The molecule has 0 aliphatic heterocycles. The molecule has 0 fully saturated rings. The van der Waals surface area contributed by atoms with Crippen LogP contribution in [0.2, 0.25) is 0 Å². The maximum Gasteiger partial charge on any atom is 0.287 e. The molecular weight excluding hydrogens is 212 g/mol. The zero-order valence-corrected chi connectivity index (χ0v) is 7.99. The molecular formula is C6H8N10. The lowest BCUT2D eigenvalue weighted by Gasteiger charge is -2.01. The molecule has 2 heterocycles. The van der Waals surface area contributed by atoms with Crippen molar-refractivity contribution in [2.75, 3.05) is 17.2 Å². The van der Waals surface area contributed by atoms with Gasteiger partial charge in [-0.3, -0.25) is 5.10 Å². The predicted octanol–water partition coefficient (Wildman–Crippen LogP) is -0.243. The number of H-pyrrole nitrogens is 1. The van der Waals surface area contributed by atoms with E-state index in [0.717, 1.165) is 0 Å². The Bertz CT molecular complexity index is 491. The lowest BCUT2D eigenvalue weighted by Crippen LogP contribution is -2.03. The van der Waals surface area contributed by atoms with E-state index in [9.17, 15) is 0 Å². The molecule has 0 aromatic carbocycles. The molecule has 0 aliphatic rings. The summed E-state index contributed by atoms with van der Waals surface area (Å²) in [7, 11) is 0. The average molecular weight is 220 g/mol. The summed E-state index contributed by atoms with van der Waals surface area (Å²) in [6, 6.07) is 0. The predicted molar refractivity (Wildman–Crippen MR) is 55.8 cm³/mol. The first-order valence-corrected chi connectivity index (χ1v) is 4.13. The molecule has 10 heteroatoms. The van der Waals surface area contributed by atoms with Gasteiger partial charge < -0.3 is 17.2 Å². The summed E-state index contributed by atoms with van der Waals surface area (Å²) < 4.78 is 0. The quantitative estimate of drug-likeness (QED) is 0.505. The fourth-order valence-corrected chi connectivity index (χ4v) is 0.956. The fourth-order valence-electron chi connectivity index (χ4n) is 0.956. The van der Waals surface area contributed by atoms with Gasteiger partial charge in [-0.2, -0.15) is 15.0 Å². The van der Waals surface area contributed by atoms with E-state index < -0.39 is 0 Å². The summed E-state index contributed by atoms with van der Waals surface area (Å²) in [5.41, 5.74) is 16.6. The van der Waals surface area contributed by atoms with Crippen LogP contribution in [0.3, 0.4) is 0 Å². The van der Waals surface area contributed by atoms with E-state index in [4.69, 9.17) is 17.2 Å². The van der Waals surface area contributed by atoms with Gasteiger partial charge in [-0.15, -0.1) is 15.3 Å². The first-order valence-electron chi connectivity index (χ1n) is 4.13. The van der Waals surface area contributed by atoms with Crippen LogP contribution in [0.5, 0.6) is 0 Å². The molecule has 0 amide bonds. The van der Waals surface area contributed by atoms with Crippen molar-refractivity contribution < 1.29 is 0 Å². The molecule has 82 valence electrons. The summed E-state index contributed by atoms with van der Waals surface area (Å²) in [5, 5.41) is 13.6. The lowest BCUT2D eigenvalue weighted by molar-refractivity contribution is 1.05. The van der Waals surface area contributed by atoms with Crippen molar-refractivity contribution in [2.45, 2.75) is 0 Å². The smallest absolute Gasteiger partial charge is 0.287 e. The second-order valence-corrected chi connectivity index (χ2v) is 2.70. The number of nitrogens with one attached hydrogen (secondary N) is 1. The molecule has 2 rings (SSSR count). The van der Waals surface area contributed by atoms with Crippen LogP contribution in [-0.4, -0.2) is 25.1 Å². The molecule has 0 aliphatic carbocycles. The Balaban J connectivity index is 2.35. The SMILES string of the molecule is Nc1nc(N)c(/N=N/c2nc[nH]n2)c(N)n1. The highest BCUT2D eigenvalue weighted by atomic mass is 15.3. The van der Waals surface area contributed by atoms with Crippen LogP contribution in [0.15, 0.2) is 16.6 Å². The molecule has 16 heavy (non-hydrogen) atoms. The third-order valence-electron chi connectivity index (χ3n) is 1.60. The minimum Gasteiger partial charge on any atom is -0.382 e. The maximum atomic E-state index is 5.55. The standard InChI is InChI=1S/C6H8N10/c7-3-2(4(8)13-5(9)12-3)14-16-6-10-1-11-15-6/h1H,(H,10,11,15)(H6,7,8,9,12,13)/b16-14+. The highest BCUT2D eigenvalue weighted by molar-refractivity contribution is 5.71.